The van der Waals surface area contributed by atoms with Crippen LogP contribution in [0.4, 0.5) is 23.0 Å². The highest BCUT2D eigenvalue weighted by atomic mass is 16.6. The zero-order valence-electron chi connectivity index (χ0n) is 21.6. The smallest absolute Gasteiger partial charge is 0.295 e. The molecule has 2 N–H and O–H groups in total. The monoisotopic (exact) mass is 524 g/mol. The maximum atomic E-state index is 13.5. The van der Waals surface area contributed by atoms with Crippen LogP contribution in [0.3, 0.4) is 0 Å². The molecule has 0 amide bonds. The number of nitrogens with zero attached hydrogens (tertiary/aromatic N) is 8. The summed E-state index contributed by atoms with van der Waals surface area (Å²) in [4.78, 5) is 36.0. The van der Waals surface area contributed by atoms with Crippen LogP contribution in [-0.2, 0) is 14.1 Å². The molecule has 4 heterocycles. The predicted molar refractivity (Wildman–Crippen MR) is 145 cm³/mol. The molecule has 0 aliphatic rings. The van der Waals surface area contributed by atoms with E-state index in [2.05, 4.69) is 30.9 Å². The summed E-state index contributed by atoms with van der Waals surface area (Å²) in [6, 6.07) is 18.6. The molecule has 0 fully saturated rings. The van der Waals surface area contributed by atoms with Crippen molar-refractivity contribution >= 4 is 34.3 Å². The van der Waals surface area contributed by atoms with Gasteiger partial charge >= 0.3 is 0 Å². The lowest BCUT2D eigenvalue weighted by Crippen LogP contribution is -2.21. The molecule has 0 radical (unpaired) electrons. The first-order chi connectivity index (χ1) is 18.8. The summed E-state index contributed by atoms with van der Waals surface area (Å²) in [5, 5.41) is 13.8. The van der Waals surface area contributed by atoms with E-state index in [9.17, 15) is 9.59 Å². The number of rotatable bonds is 6. The first-order valence-corrected chi connectivity index (χ1v) is 12.1. The molecule has 13 nitrogen and oxygen atoms in total. The van der Waals surface area contributed by atoms with Gasteiger partial charge < -0.3 is 10.6 Å². The van der Waals surface area contributed by atoms with E-state index in [1.807, 2.05) is 74.5 Å². The van der Waals surface area contributed by atoms with Gasteiger partial charge in [0.2, 0.25) is 11.3 Å². The molecule has 4 aromatic heterocycles. The number of para-hydroxylation sites is 2. The summed E-state index contributed by atoms with van der Waals surface area (Å²) in [7, 11) is 3.59. The Morgan fingerprint density at radius 2 is 1.03 bits per heavy atom. The lowest BCUT2D eigenvalue weighted by Gasteiger charge is -2.10. The normalized spacial score (nSPS) is 11.3. The number of nitrogens with one attached hydrogen (secondary N) is 2. The van der Waals surface area contributed by atoms with E-state index in [1.165, 1.54) is 0 Å². The van der Waals surface area contributed by atoms with Crippen LogP contribution in [0.5, 0.6) is 0 Å². The number of fused-ring (bicyclic) bond motifs is 1. The zero-order chi connectivity index (χ0) is 27.3. The quantitative estimate of drug-likeness (QED) is 0.336. The Hall–Kier alpha value is -5.46. The second-order valence-electron chi connectivity index (χ2n) is 8.96. The molecule has 0 unspecified atom stereocenters. The Labute approximate surface area is 220 Å². The minimum absolute atomic E-state index is 0.145. The van der Waals surface area contributed by atoms with E-state index < -0.39 is 0 Å². The molecule has 39 heavy (non-hydrogen) atoms. The van der Waals surface area contributed by atoms with E-state index in [0.717, 1.165) is 0 Å². The van der Waals surface area contributed by atoms with Crippen molar-refractivity contribution in [1.29, 1.82) is 0 Å². The maximum absolute atomic E-state index is 13.5. The van der Waals surface area contributed by atoms with Gasteiger partial charge in [0.15, 0.2) is 11.6 Å². The van der Waals surface area contributed by atoms with Crippen molar-refractivity contribution in [2.75, 3.05) is 10.6 Å². The third kappa shape index (κ3) is 3.87. The number of hydrogen-bond donors (Lipinski definition) is 2. The van der Waals surface area contributed by atoms with Crippen molar-refractivity contribution in [2.24, 2.45) is 14.1 Å². The Balaban J connectivity index is 1.47. The molecule has 196 valence electrons. The van der Waals surface area contributed by atoms with Gasteiger partial charge in [-0.05, 0) is 48.4 Å². The topological polar surface area (TPSA) is 143 Å². The van der Waals surface area contributed by atoms with Crippen molar-refractivity contribution in [3.05, 3.63) is 92.8 Å². The molecular formula is C26H24N10O3. The van der Waals surface area contributed by atoms with Crippen molar-refractivity contribution in [2.45, 2.75) is 13.8 Å². The molecule has 0 bridgehead atoms. The molecule has 0 spiro atoms. The van der Waals surface area contributed by atoms with E-state index in [1.54, 1.807) is 32.8 Å². The number of anilines is 4. The van der Waals surface area contributed by atoms with Crippen LogP contribution >= 0.6 is 0 Å². The largest absolute Gasteiger partial charge is 0.331 e. The Morgan fingerprint density at radius 3 is 1.41 bits per heavy atom. The van der Waals surface area contributed by atoms with Crippen molar-refractivity contribution < 1.29 is 4.63 Å². The van der Waals surface area contributed by atoms with Gasteiger partial charge in [-0.25, -0.2) is 24.0 Å². The van der Waals surface area contributed by atoms with E-state index in [0.29, 0.717) is 34.1 Å². The lowest BCUT2D eigenvalue weighted by molar-refractivity contribution is 0.314. The first-order valence-electron chi connectivity index (χ1n) is 12.1. The Bertz CT molecular complexity index is 1810. The van der Waals surface area contributed by atoms with Crippen LogP contribution in [0.25, 0.3) is 22.7 Å². The molecule has 0 saturated carbocycles. The van der Waals surface area contributed by atoms with Crippen LogP contribution in [0, 0.1) is 13.8 Å². The molecule has 0 aliphatic carbocycles. The molecule has 6 rings (SSSR count). The molecule has 0 aliphatic heterocycles. The fourth-order valence-electron chi connectivity index (χ4n) is 4.47. The standard InChI is InChI=1S/C26H24N10O3/c1-15-19(25(37)35(33(15)3)17-11-7-5-8-12-17)27-21-22(30-24-23(29-21)31-39-32-24)28-20-16(2)34(4)36(26(20)38)18-13-9-6-10-14-18/h5-14H,1-4H3,(H,27,29,31)(H,28,30,32). The number of hydrogen-bond acceptors (Lipinski definition) is 9. The van der Waals surface area contributed by atoms with Crippen molar-refractivity contribution in [3.63, 3.8) is 0 Å². The zero-order valence-corrected chi connectivity index (χ0v) is 21.6. The van der Waals surface area contributed by atoms with E-state index in [4.69, 9.17) is 4.63 Å². The average Bonchev–Trinajstić information content (AvgIpc) is 3.55. The van der Waals surface area contributed by atoms with Crippen LogP contribution in [0.2, 0.25) is 0 Å². The van der Waals surface area contributed by atoms with Crippen LogP contribution in [-0.4, -0.2) is 39.0 Å². The van der Waals surface area contributed by atoms with Gasteiger partial charge in [0.05, 0.1) is 22.8 Å². The summed E-state index contributed by atoms with van der Waals surface area (Å²) in [5.74, 6) is 0.358. The van der Waals surface area contributed by atoms with Crippen LogP contribution in [0.15, 0.2) is 74.9 Å². The van der Waals surface area contributed by atoms with Crippen LogP contribution in [0.1, 0.15) is 11.4 Å². The molecule has 0 atom stereocenters. The summed E-state index contributed by atoms with van der Waals surface area (Å²) in [6.07, 6.45) is 0. The third-order valence-electron chi connectivity index (χ3n) is 6.71. The van der Waals surface area contributed by atoms with Gasteiger partial charge in [0.1, 0.15) is 11.4 Å². The fraction of sp³-hybridized carbons (Fsp3) is 0.154. The fourth-order valence-corrected chi connectivity index (χ4v) is 4.47. The minimum Gasteiger partial charge on any atom is -0.331 e. The highest BCUT2D eigenvalue weighted by molar-refractivity contribution is 5.79. The molecule has 0 saturated heterocycles. The molecule has 6 aromatic rings. The van der Waals surface area contributed by atoms with Gasteiger partial charge in [0, 0.05) is 14.1 Å². The minimum atomic E-state index is -0.283. The first kappa shape index (κ1) is 23.9. The SMILES string of the molecule is Cc1c(Nc2nc3nonc3nc2Nc2c(C)n(C)n(-c3ccccc3)c2=O)c(=O)n(-c2ccccc2)n1C. The molecule has 13 heteroatoms. The van der Waals surface area contributed by atoms with E-state index in [-0.39, 0.29) is 34.0 Å². The second-order valence-corrected chi connectivity index (χ2v) is 8.96. The van der Waals surface area contributed by atoms with Gasteiger partial charge in [-0.1, -0.05) is 36.4 Å². The van der Waals surface area contributed by atoms with Gasteiger partial charge in [-0.3, -0.25) is 19.0 Å². The lowest BCUT2D eigenvalue weighted by atomic mass is 10.3. The number of aromatic nitrogens is 8. The van der Waals surface area contributed by atoms with Gasteiger partial charge in [-0.2, -0.15) is 0 Å². The summed E-state index contributed by atoms with van der Waals surface area (Å²) in [5.41, 5.74) is 3.06. The third-order valence-corrected chi connectivity index (χ3v) is 6.71. The highest BCUT2D eigenvalue weighted by Gasteiger charge is 2.23. The second kappa shape index (κ2) is 9.13. The summed E-state index contributed by atoms with van der Waals surface area (Å²) in [6.45, 7) is 3.64. The summed E-state index contributed by atoms with van der Waals surface area (Å²) >= 11 is 0. The molecular weight excluding hydrogens is 500 g/mol. The average molecular weight is 525 g/mol. The van der Waals surface area contributed by atoms with Gasteiger partial charge in [0.25, 0.3) is 11.1 Å². The van der Waals surface area contributed by atoms with Gasteiger partial charge in [-0.15, -0.1) is 0 Å². The van der Waals surface area contributed by atoms with E-state index >= 15 is 0 Å². The Kier molecular flexibility index (Phi) is 5.60. The van der Waals surface area contributed by atoms with Crippen LogP contribution < -0.4 is 21.8 Å². The predicted octanol–water partition coefficient (Wildman–Crippen LogP) is 3.10. The molecule has 2 aromatic carbocycles. The summed E-state index contributed by atoms with van der Waals surface area (Å²) < 4.78 is 11.4. The van der Waals surface area contributed by atoms with Crippen molar-refractivity contribution in [3.8, 4) is 11.4 Å². The Morgan fingerprint density at radius 1 is 0.641 bits per heavy atom. The highest BCUT2D eigenvalue weighted by Crippen LogP contribution is 2.28. The maximum Gasteiger partial charge on any atom is 0.295 e. The van der Waals surface area contributed by atoms with Crippen molar-refractivity contribution in [1.82, 2.24) is 39.0 Å². The number of benzene rings is 2.